The molecule has 0 bridgehead atoms. The van der Waals surface area contributed by atoms with Gasteiger partial charge < -0.3 is 21.3 Å². The Kier molecular flexibility index (Phi) is 7.41. The molecule has 0 fully saturated rings. The molecule has 23 heavy (non-hydrogen) atoms. The van der Waals surface area contributed by atoms with Crippen LogP contribution in [0.25, 0.3) is 1.43 Å². The number of nitrogens with two attached hydrogens (primary N) is 1. The summed E-state index contributed by atoms with van der Waals surface area (Å²) in [5, 5.41) is 15.1. The van der Waals surface area contributed by atoms with Crippen LogP contribution in [0.3, 0.4) is 0 Å². The van der Waals surface area contributed by atoms with Crippen molar-refractivity contribution in [1.29, 1.82) is 1.43 Å². The third-order valence-electron chi connectivity index (χ3n) is 3.02. The first-order valence-corrected chi connectivity index (χ1v) is 8.16. The van der Waals surface area contributed by atoms with Gasteiger partial charge in [-0.15, -0.1) is 0 Å². The van der Waals surface area contributed by atoms with Crippen LogP contribution in [-0.2, 0) is 20.1 Å². The highest BCUT2D eigenvalue weighted by Gasteiger charge is 2.21. The summed E-state index contributed by atoms with van der Waals surface area (Å²) in [6, 6.07) is 7.48. The molecule has 1 aromatic rings. The third-order valence-corrected chi connectivity index (χ3v) is 4.12. The van der Waals surface area contributed by atoms with Gasteiger partial charge in [-0.25, -0.2) is 4.79 Å². The lowest BCUT2D eigenvalue weighted by Crippen LogP contribution is -2.43. The highest BCUT2D eigenvalue weighted by molar-refractivity contribution is 7.98. The Morgan fingerprint density at radius 2 is 1.96 bits per heavy atom. The zero-order chi connectivity index (χ0) is 17.9. The van der Waals surface area contributed by atoms with E-state index in [2.05, 4.69) is 10.4 Å². The molecule has 0 heterocycles. The van der Waals surface area contributed by atoms with Crippen molar-refractivity contribution in [3.05, 3.63) is 35.9 Å². The number of hydrogen-bond acceptors (Lipinski definition) is 6. The molecule has 0 aliphatic heterocycles. The highest BCUT2D eigenvalue weighted by Crippen LogP contribution is 2.13. The van der Waals surface area contributed by atoms with Gasteiger partial charge >= 0.3 is 11.9 Å². The van der Waals surface area contributed by atoms with Gasteiger partial charge in [0.1, 0.15) is 12.1 Å². The molecule has 2 atom stereocenters. The summed E-state index contributed by atoms with van der Waals surface area (Å²) in [5.74, 6) is -1.69. The highest BCUT2D eigenvalue weighted by atomic mass is 32.2. The van der Waals surface area contributed by atoms with Gasteiger partial charge in [-0.3, -0.25) is 9.59 Å². The van der Waals surface area contributed by atoms with Crippen LogP contribution in [0.1, 0.15) is 18.4 Å². The minimum Gasteiger partial charge on any atom is -0.480 e. The van der Waals surface area contributed by atoms with E-state index in [1.54, 1.807) is 0 Å². The van der Waals surface area contributed by atoms with Crippen molar-refractivity contribution < 1.29 is 24.6 Å². The van der Waals surface area contributed by atoms with E-state index in [-0.39, 0.29) is 18.6 Å². The van der Waals surface area contributed by atoms with Gasteiger partial charge in [-0.05, 0) is 12.0 Å². The van der Waals surface area contributed by atoms with Crippen LogP contribution < -0.4 is 11.1 Å². The molecule has 0 unspecified atom stereocenters. The summed E-state index contributed by atoms with van der Waals surface area (Å²) in [6.07, 6.45) is -0.167. The largest absolute Gasteiger partial charge is 0.480 e. The smallest absolute Gasteiger partial charge is 0.327 e. The number of carboxylic acids is 2. The number of amides is 1. The van der Waals surface area contributed by atoms with E-state index in [4.69, 9.17) is 12.3 Å². The van der Waals surface area contributed by atoms with Gasteiger partial charge in [0.25, 0.3) is 1.43 Å². The Morgan fingerprint density at radius 3 is 2.57 bits per heavy atom. The van der Waals surface area contributed by atoms with Gasteiger partial charge in [0.15, 0.2) is 0 Å². The normalized spacial score (nSPS) is 13.5. The number of nitrogens with one attached hydrogen (secondary N) is 1. The Bertz CT molecular complexity index is 558. The average molecular weight is 341 g/mol. The Balaban J connectivity index is 2.45. The number of carbonyl (C=O) groups is 3. The maximum atomic E-state index is 11.8. The Morgan fingerprint density at radius 1 is 1.26 bits per heavy atom. The number of hydrogen-bond donors (Lipinski definition) is 4. The molecule has 126 valence electrons. The molecule has 0 radical (unpaired) electrons. The summed E-state index contributed by atoms with van der Waals surface area (Å²) in [4.78, 5) is 34.0. The van der Waals surface area contributed by atoms with Crippen molar-refractivity contribution in [3.63, 3.8) is 0 Å². The first-order chi connectivity index (χ1) is 11.4. The topological polar surface area (TPSA) is 130 Å². The zero-order valence-corrected chi connectivity index (χ0v) is 13.3. The molecule has 1 aromatic carbocycles. The van der Waals surface area contributed by atoms with E-state index in [9.17, 15) is 14.4 Å². The lowest BCUT2D eigenvalue weighted by molar-refractivity contribution is -0.141. The molecule has 0 aliphatic carbocycles. The molecule has 0 spiro atoms. The van der Waals surface area contributed by atoms with Crippen LogP contribution in [0, 0.1) is 0 Å². The molecule has 7 nitrogen and oxygen atoms in total. The van der Waals surface area contributed by atoms with Crippen LogP contribution in [0.15, 0.2) is 30.3 Å². The lowest BCUT2D eigenvalue weighted by atomic mass is 10.1. The molecule has 0 aliphatic rings. The van der Waals surface area contributed by atoms with Gasteiger partial charge in [-0.2, -0.15) is 11.8 Å². The fourth-order valence-electron chi connectivity index (χ4n) is 1.71. The van der Waals surface area contributed by atoms with Gasteiger partial charge in [-0.1, -0.05) is 30.3 Å². The predicted octanol–water partition coefficient (Wildman–Crippen LogP) is 0.681. The fourth-order valence-corrected chi connectivity index (χ4v) is 2.72. The zero-order valence-electron chi connectivity index (χ0n) is 13.4. The summed E-state index contributed by atoms with van der Waals surface area (Å²) in [5.41, 5.74) is 6.39. The SMILES string of the molecule is [2H]OC(=O)[C@H](CSCc1ccccc1)NC(=O)CC[C@H](N)C(=O)O. The molecule has 0 aromatic heterocycles. The first-order valence-electron chi connectivity index (χ1n) is 7.41. The van der Waals surface area contributed by atoms with Crippen molar-refractivity contribution in [3.8, 4) is 0 Å². The molecule has 1 amide bonds. The van der Waals surface area contributed by atoms with Crippen molar-refractivity contribution >= 4 is 29.6 Å². The lowest BCUT2D eigenvalue weighted by Gasteiger charge is -2.15. The van der Waals surface area contributed by atoms with E-state index in [1.807, 2.05) is 30.3 Å². The minimum atomic E-state index is -1.19. The molecule has 5 N–H and O–H groups in total. The number of aliphatic carboxylic acids is 2. The second-order valence-corrected chi connectivity index (χ2v) is 5.95. The number of carboxylic acid groups (broad SMARTS) is 2. The second-order valence-electron chi connectivity index (χ2n) is 4.92. The van der Waals surface area contributed by atoms with Crippen LogP contribution in [0.5, 0.6) is 0 Å². The monoisotopic (exact) mass is 341 g/mol. The van der Waals surface area contributed by atoms with E-state index < -0.39 is 29.9 Å². The summed E-state index contributed by atoms with van der Waals surface area (Å²) in [7, 11) is 0. The summed E-state index contributed by atoms with van der Waals surface area (Å²) < 4.78 is 6.70. The van der Waals surface area contributed by atoms with Gasteiger partial charge in [0.05, 0.1) is 0 Å². The molecular formula is C15H20N2O5S. The standard InChI is InChI=1S/C15H20N2O5S/c16-11(14(19)20)6-7-13(18)17-12(15(21)22)9-23-8-10-4-2-1-3-5-10/h1-5,11-12H,6-9,16H2,(H,17,18)(H,19,20)(H,21,22)/t11-,12-/m0/s1/i/hD. The van der Waals surface area contributed by atoms with Crippen molar-refractivity contribution in [2.24, 2.45) is 5.73 Å². The van der Waals surface area contributed by atoms with E-state index in [0.717, 1.165) is 5.56 Å². The molecule has 8 heteroatoms. The Hall–Kier alpha value is -2.06. The van der Waals surface area contributed by atoms with Gasteiger partial charge in [0.2, 0.25) is 5.91 Å². The minimum absolute atomic E-state index is 0.0407. The first kappa shape index (κ1) is 17.3. The summed E-state index contributed by atoms with van der Waals surface area (Å²) >= 11 is 1.41. The van der Waals surface area contributed by atoms with E-state index in [0.29, 0.717) is 5.75 Å². The number of rotatable bonds is 10. The number of carbonyl (C=O) groups excluding carboxylic acids is 1. The fraction of sp³-hybridized carbons (Fsp3) is 0.400. The molecule has 0 saturated heterocycles. The average Bonchev–Trinajstić information content (AvgIpc) is 2.58. The van der Waals surface area contributed by atoms with Crippen molar-refractivity contribution in [1.82, 2.24) is 5.32 Å². The predicted molar refractivity (Wildman–Crippen MR) is 87.0 cm³/mol. The van der Waals surface area contributed by atoms with Crippen LogP contribution in [0.2, 0.25) is 0 Å². The van der Waals surface area contributed by atoms with Crippen LogP contribution in [0.4, 0.5) is 0 Å². The maximum Gasteiger partial charge on any atom is 0.327 e. The van der Waals surface area contributed by atoms with Crippen molar-refractivity contribution in [2.75, 3.05) is 5.75 Å². The van der Waals surface area contributed by atoms with E-state index >= 15 is 0 Å². The second kappa shape index (κ2) is 9.86. The van der Waals surface area contributed by atoms with Crippen molar-refractivity contribution in [2.45, 2.75) is 30.7 Å². The molecule has 1 rings (SSSR count). The van der Waals surface area contributed by atoms with Crippen LogP contribution in [-0.4, -0.2) is 45.9 Å². The number of benzene rings is 1. The number of thioether (sulfide) groups is 1. The quantitative estimate of drug-likeness (QED) is 0.492. The van der Waals surface area contributed by atoms with E-state index in [1.165, 1.54) is 11.8 Å². The van der Waals surface area contributed by atoms with Gasteiger partial charge in [0, 0.05) is 17.9 Å². The maximum absolute atomic E-state index is 11.8. The third kappa shape index (κ3) is 7.66. The molecular weight excluding hydrogens is 320 g/mol. The summed E-state index contributed by atoms with van der Waals surface area (Å²) in [6.45, 7) is 0. The van der Waals surface area contributed by atoms with Crippen LogP contribution >= 0.6 is 11.8 Å². The molecule has 0 saturated carbocycles. The Labute approximate surface area is 139 Å².